The van der Waals surface area contributed by atoms with Gasteiger partial charge in [0.15, 0.2) is 0 Å². The quantitative estimate of drug-likeness (QED) is 0.224. The number of ether oxygens (including phenoxy) is 1. The highest BCUT2D eigenvalue weighted by molar-refractivity contribution is 8.17. The number of rotatable bonds is 5. The molecule has 3 heteroatoms. The van der Waals surface area contributed by atoms with Crippen molar-refractivity contribution in [1.29, 1.82) is 0 Å². The summed E-state index contributed by atoms with van der Waals surface area (Å²) in [6, 6.07) is 26.1. The number of aryl methyl sites for hydroxylation is 2. The van der Waals surface area contributed by atoms with Crippen LogP contribution in [0.3, 0.4) is 0 Å². The lowest BCUT2D eigenvalue weighted by Crippen LogP contribution is -2.49. The van der Waals surface area contributed by atoms with Crippen molar-refractivity contribution < 1.29 is 9.53 Å². The lowest BCUT2D eigenvalue weighted by Gasteiger charge is -2.53. The van der Waals surface area contributed by atoms with Gasteiger partial charge in [-0.2, -0.15) is 10.9 Å². The van der Waals surface area contributed by atoms with E-state index in [4.69, 9.17) is 4.74 Å². The molecule has 35 heavy (non-hydrogen) atoms. The molecule has 2 nitrogen and oxygen atoms in total. The molecule has 0 radical (unpaired) electrons. The van der Waals surface area contributed by atoms with Gasteiger partial charge in [0.25, 0.3) is 0 Å². The Morgan fingerprint density at radius 2 is 1.43 bits per heavy atom. The molecule has 0 aromatic heterocycles. The van der Waals surface area contributed by atoms with Gasteiger partial charge in [0.05, 0.1) is 5.41 Å². The van der Waals surface area contributed by atoms with E-state index in [-0.39, 0.29) is 11.4 Å². The average Bonchev–Trinajstić information content (AvgIpc) is 2.86. The van der Waals surface area contributed by atoms with Crippen LogP contribution in [0.4, 0.5) is 0 Å². The fraction of sp³-hybridized carbons (Fsp3) is 0.406. The maximum Gasteiger partial charge on any atom is 0.317 e. The Bertz CT molecular complexity index is 1150. The third-order valence-electron chi connectivity index (χ3n) is 8.93. The molecule has 3 saturated carbocycles. The van der Waals surface area contributed by atoms with Crippen molar-refractivity contribution in [2.75, 3.05) is 0 Å². The van der Waals surface area contributed by atoms with Gasteiger partial charge in [0.1, 0.15) is 5.75 Å². The third kappa shape index (κ3) is 4.22. The summed E-state index contributed by atoms with van der Waals surface area (Å²) in [5.41, 5.74) is 1.88. The van der Waals surface area contributed by atoms with Crippen LogP contribution >= 0.6 is 10.9 Å². The first-order valence-electron chi connectivity index (χ1n) is 13.3. The molecule has 3 aliphatic carbocycles. The fourth-order valence-electron chi connectivity index (χ4n) is 7.33. The number of benzene rings is 3. The molecule has 0 spiro atoms. The van der Waals surface area contributed by atoms with E-state index in [1.165, 1.54) is 40.4 Å². The van der Waals surface area contributed by atoms with E-state index in [1.54, 1.807) is 0 Å². The molecular weight excluding hydrogens is 448 g/mol. The molecule has 0 amide bonds. The number of hydrogen-bond donors (Lipinski definition) is 1. The first-order chi connectivity index (χ1) is 17.0. The molecule has 0 saturated heterocycles. The van der Waals surface area contributed by atoms with Crippen LogP contribution in [-0.2, 0) is 4.79 Å². The first-order valence-corrected chi connectivity index (χ1v) is 14.6. The molecule has 3 aromatic rings. The molecule has 4 unspecified atom stereocenters. The normalized spacial score (nSPS) is 27.4. The van der Waals surface area contributed by atoms with Crippen molar-refractivity contribution in [3.8, 4) is 5.75 Å². The van der Waals surface area contributed by atoms with E-state index in [9.17, 15) is 4.79 Å². The van der Waals surface area contributed by atoms with Gasteiger partial charge in [-0.25, -0.2) is 0 Å². The number of thiol groups is 1. The summed E-state index contributed by atoms with van der Waals surface area (Å²) in [6.07, 6.45) is 8.36. The molecule has 0 heterocycles. The molecular formula is C32H36O2S. The Morgan fingerprint density at radius 3 is 2.06 bits per heavy atom. The van der Waals surface area contributed by atoms with Gasteiger partial charge in [-0.15, -0.1) is 0 Å². The molecule has 3 bridgehead atoms. The predicted molar refractivity (Wildman–Crippen MR) is 143 cm³/mol. The Kier molecular flexibility index (Phi) is 6.00. The smallest absolute Gasteiger partial charge is 0.317 e. The first kappa shape index (κ1) is 22.9. The number of fused-ring (bicyclic) bond motifs is 2. The summed E-state index contributed by atoms with van der Waals surface area (Å²) in [5.74, 6) is 3.14. The van der Waals surface area contributed by atoms with Gasteiger partial charge in [0, 0.05) is 0 Å². The minimum atomic E-state index is -0.677. The second-order valence-corrected chi connectivity index (χ2v) is 13.5. The molecule has 0 N–H and O–H groups in total. The Labute approximate surface area is 212 Å². The topological polar surface area (TPSA) is 26.3 Å². The van der Waals surface area contributed by atoms with Crippen LogP contribution in [0.5, 0.6) is 5.75 Å². The van der Waals surface area contributed by atoms with Gasteiger partial charge in [-0.05, 0) is 132 Å². The second-order valence-electron chi connectivity index (χ2n) is 11.2. The van der Waals surface area contributed by atoms with Crippen LogP contribution in [-0.4, -0.2) is 5.97 Å². The largest absolute Gasteiger partial charge is 0.426 e. The van der Waals surface area contributed by atoms with Crippen molar-refractivity contribution in [3.63, 3.8) is 0 Å². The molecule has 4 atom stereocenters. The zero-order chi connectivity index (χ0) is 24.0. The van der Waals surface area contributed by atoms with Crippen molar-refractivity contribution in [2.24, 2.45) is 23.2 Å². The molecule has 3 aromatic carbocycles. The average molecular weight is 485 g/mol. The van der Waals surface area contributed by atoms with E-state index in [0.29, 0.717) is 0 Å². The predicted octanol–water partition coefficient (Wildman–Crippen LogP) is 8.29. The lowest BCUT2D eigenvalue weighted by atomic mass is 9.51. The van der Waals surface area contributed by atoms with E-state index >= 15 is 0 Å². The highest BCUT2D eigenvalue weighted by atomic mass is 32.2. The Balaban J connectivity index is 1.31. The van der Waals surface area contributed by atoms with Crippen molar-refractivity contribution in [2.45, 2.75) is 73.5 Å². The van der Waals surface area contributed by atoms with E-state index < -0.39 is 10.9 Å². The van der Waals surface area contributed by atoms with Gasteiger partial charge in [-0.3, -0.25) is 4.79 Å². The summed E-state index contributed by atoms with van der Waals surface area (Å²) >= 11 is 0. The number of carbonyl (C=O) groups excluding carboxylic acids is 1. The maximum absolute atomic E-state index is 13.7. The summed E-state index contributed by atoms with van der Waals surface area (Å²) in [4.78, 5) is 17.7. The van der Waals surface area contributed by atoms with E-state index in [1.807, 2.05) is 0 Å². The van der Waals surface area contributed by atoms with Crippen molar-refractivity contribution in [3.05, 3.63) is 83.9 Å². The maximum atomic E-state index is 13.7. The van der Waals surface area contributed by atoms with Crippen LogP contribution in [0.15, 0.2) is 87.5 Å². The number of carbonyl (C=O) groups is 1. The Hall–Kier alpha value is -2.52. The van der Waals surface area contributed by atoms with Crippen molar-refractivity contribution in [1.82, 2.24) is 0 Å². The fourth-order valence-corrected chi connectivity index (χ4v) is 9.81. The van der Waals surface area contributed by atoms with Gasteiger partial charge in [0.2, 0.25) is 0 Å². The SMILES string of the molecule is Cc1cc([SH](c2ccccc2)c2ccccc2)cc(C)c1OC(=O)C12CCC3CCC(CC3C1)C2. The minimum Gasteiger partial charge on any atom is -0.426 e. The highest BCUT2D eigenvalue weighted by Gasteiger charge is 2.53. The third-order valence-corrected chi connectivity index (χ3v) is 11.3. The summed E-state index contributed by atoms with van der Waals surface area (Å²) in [6.45, 7) is 4.21. The molecule has 182 valence electrons. The number of esters is 1. The van der Waals surface area contributed by atoms with E-state index in [0.717, 1.165) is 53.9 Å². The minimum absolute atomic E-state index is 0.0416. The summed E-state index contributed by atoms with van der Waals surface area (Å²) < 4.78 is 6.31. The molecule has 3 fully saturated rings. The highest BCUT2D eigenvalue weighted by Crippen LogP contribution is 2.59. The van der Waals surface area contributed by atoms with Gasteiger partial charge in [-0.1, -0.05) is 42.8 Å². The van der Waals surface area contributed by atoms with Crippen LogP contribution < -0.4 is 4.74 Å². The van der Waals surface area contributed by atoms with Gasteiger partial charge < -0.3 is 4.74 Å². The number of hydrogen-bond acceptors (Lipinski definition) is 2. The van der Waals surface area contributed by atoms with E-state index in [2.05, 4.69) is 86.6 Å². The van der Waals surface area contributed by atoms with Crippen LogP contribution in [0.2, 0.25) is 0 Å². The Morgan fingerprint density at radius 1 is 0.800 bits per heavy atom. The summed E-state index contributed by atoms with van der Waals surface area (Å²) in [7, 11) is -0.677. The molecule has 3 aliphatic rings. The lowest BCUT2D eigenvalue weighted by molar-refractivity contribution is -0.158. The monoisotopic (exact) mass is 484 g/mol. The molecule has 0 aliphatic heterocycles. The van der Waals surface area contributed by atoms with Gasteiger partial charge >= 0.3 is 5.97 Å². The van der Waals surface area contributed by atoms with Crippen LogP contribution in [0.25, 0.3) is 0 Å². The zero-order valence-electron chi connectivity index (χ0n) is 20.9. The van der Waals surface area contributed by atoms with Crippen LogP contribution in [0.1, 0.15) is 56.1 Å². The zero-order valence-corrected chi connectivity index (χ0v) is 21.8. The molecule has 6 rings (SSSR count). The standard InChI is InChI=1S/C32H36O2S/c1-22-17-29(35(27-9-5-3-6-10-27)28-11-7-4-8-12-28)18-23(2)30(22)34-31(33)32-16-15-25-14-13-24(20-32)19-26(25)21-32/h3-12,17-18,24-26,35H,13-16,19-21H2,1-2H3. The summed E-state index contributed by atoms with van der Waals surface area (Å²) in [5, 5.41) is 0. The van der Waals surface area contributed by atoms with Crippen molar-refractivity contribution >= 4 is 16.9 Å². The second kappa shape index (κ2) is 9.17. The van der Waals surface area contributed by atoms with Crippen LogP contribution in [0, 0.1) is 37.0 Å².